The second kappa shape index (κ2) is 3.56. The fraction of sp³-hybridized carbons (Fsp3) is 0.222. The van der Waals surface area contributed by atoms with E-state index in [2.05, 4.69) is 9.97 Å². The largest absolute Gasteiger partial charge is 0.481 e. The summed E-state index contributed by atoms with van der Waals surface area (Å²) in [4.78, 5) is 18.3. The monoisotopic (exact) mass is 207 g/mol. The molecule has 6 nitrogen and oxygen atoms in total. The Morgan fingerprint density at radius 2 is 2.40 bits per heavy atom. The summed E-state index contributed by atoms with van der Waals surface area (Å²) in [7, 11) is 0. The molecule has 0 aliphatic carbocycles. The molecule has 0 unspecified atom stereocenters. The van der Waals surface area contributed by atoms with Crippen molar-refractivity contribution in [2.24, 2.45) is 0 Å². The number of anilines is 1. The number of nitrogens with two attached hydrogens (primary N) is 1. The van der Waals surface area contributed by atoms with Crippen LogP contribution in [0, 0.1) is 0 Å². The molecule has 0 saturated heterocycles. The van der Waals surface area contributed by atoms with Crippen LogP contribution in [0.1, 0.15) is 12.3 Å². The third-order valence-electron chi connectivity index (χ3n) is 1.87. The van der Waals surface area contributed by atoms with Crippen molar-refractivity contribution in [1.82, 2.24) is 9.97 Å². The number of rotatable bonds is 3. The highest BCUT2D eigenvalue weighted by molar-refractivity contribution is 5.72. The number of carboxylic acid groups (broad SMARTS) is 1. The molecule has 0 aliphatic rings. The van der Waals surface area contributed by atoms with Crippen molar-refractivity contribution in [3.8, 4) is 0 Å². The molecule has 2 aromatic heterocycles. The number of aromatic nitrogens is 2. The molecule has 2 rings (SSSR count). The van der Waals surface area contributed by atoms with Gasteiger partial charge in [0.2, 0.25) is 5.71 Å². The minimum Gasteiger partial charge on any atom is -0.481 e. The van der Waals surface area contributed by atoms with Gasteiger partial charge in [-0.2, -0.15) is 0 Å². The molecule has 0 spiro atoms. The highest BCUT2D eigenvalue weighted by Gasteiger charge is 2.08. The number of fused-ring (bicyclic) bond motifs is 1. The van der Waals surface area contributed by atoms with E-state index in [9.17, 15) is 4.79 Å². The summed E-state index contributed by atoms with van der Waals surface area (Å²) in [6, 6.07) is 1.64. The van der Waals surface area contributed by atoms with E-state index in [-0.39, 0.29) is 12.8 Å². The topological polar surface area (TPSA) is 102 Å². The zero-order valence-electron chi connectivity index (χ0n) is 7.80. The summed E-state index contributed by atoms with van der Waals surface area (Å²) in [5.41, 5.74) is 6.95. The molecule has 78 valence electrons. The number of carboxylic acids is 1. The van der Waals surface area contributed by atoms with Crippen molar-refractivity contribution < 1.29 is 14.3 Å². The third kappa shape index (κ3) is 2.04. The van der Waals surface area contributed by atoms with Crippen molar-refractivity contribution in [1.29, 1.82) is 0 Å². The van der Waals surface area contributed by atoms with Gasteiger partial charge in [-0.25, -0.2) is 9.97 Å². The molecular formula is C9H9N3O3. The van der Waals surface area contributed by atoms with Crippen molar-refractivity contribution in [3.05, 3.63) is 18.2 Å². The summed E-state index contributed by atoms with van der Waals surface area (Å²) in [6.45, 7) is 0. The fourth-order valence-electron chi connectivity index (χ4n) is 1.20. The number of pyridine rings is 1. The van der Waals surface area contributed by atoms with Gasteiger partial charge in [0.15, 0.2) is 5.89 Å². The van der Waals surface area contributed by atoms with E-state index >= 15 is 0 Å². The van der Waals surface area contributed by atoms with Crippen LogP contribution in [0.25, 0.3) is 11.2 Å². The number of hydrogen-bond donors (Lipinski definition) is 2. The SMILES string of the molecule is Nc1cnc2oc(CCC(=O)O)nc2c1. The molecule has 15 heavy (non-hydrogen) atoms. The summed E-state index contributed by atoms with van der Waals surface area (Å²) >= 11 is 0. The van der Waals surface area contributed by atoms with Crippen molar-refractivity contribution in [2.45, 2.75) is 12.8 Å². The van der Waals surface area contributed by atoms with Crippen LogP contribution in [0.2, 0.25) is 0 Å². The molecule has 6 heteroatoms. The molecular weight excluding hydrogens is 198 g/mol. The van der Waals surface area contributed by atoms with Crippen molar-refractivity contribution in [2.75, 3.05) is 5.73 Å². The molecule has 0 amide bonds. The lowest BCUT2D eigenvalue weighted by atomic mass is 10.3. The Hall–Kier alpha value is -2.11. The Labute approximate surface area is 84.7 Å². The van der Waals surface area contributed by atoms with Crippen LogP contribution in [-0.2, 0) is 11.2 Å². The standard InChI is InChI=1S/C9H9N3O3/c10-5-3-6-9(11-4-5)15-7(12-6)1-2-8(13)14/h3-4H,1-2,10H2,(H,13,14). The zero-order chi connectivity index (χ0) is 10.8. The summed E-state index contributed by atoms with van der Waals surface area (Å²) in [6.07, 6.45) is 1.71. The molecule has 0 aromatic carbocycles. The number of aliphatic carboxylic acids is 1. The molecule has 0 atom stereocenters. The van der Waals surface area contributed by atoms with Crippen LogP contribution in [0.3, 0.4) is 0 Å². The Balaban J connectivity index is 2.27. The molecule has 0 bridgehead atoms. The van der Waals surface area contributed by atoms with Gasteiger partial charge in [-0.3, -0.25) is 4.79 Å². The molecule has 3 N–H and O–H groups in total. The third-order valence-corrected chi connectivity index (χ3v) is 1.87. The Kier molecular flexibility index (Phi) is 2.24. The Bertz CT molecular complexity index is 506. The van der Waals surface area contributed by atoms with Gasteiger partial charge >= 0.3 is 5.97 Å². The number of oxazole rings is 1. The Morgan fingerprint density at radius 3 is 3.13 bits per heavy atom. The number of nitrogen functional groups attached to an aromatic ring is 1. The van der Waals surface area contributed by atoms with Gasteiger partial charge in [0, 0.05) is 6.42 Å². The first kappa shape index (κ1) is 9.45. The summed E-state index contributed by atoms with van der Waals surface area (Å²) < 4.78 is 5.23. The van der Waals surface area contributed by atoms with E-state index in [1.54, 1.807) is 6.07 Å². The van der Waals surface area contributed by atoms with Gasteiger partial charge in [0.25, 0.3) is 0 Å². The molecule has 0 radical (unpaired) electrons. The average molecular weight is 207 g/mol. The number of aryl methyl sites for hydroxylation is 1. The van der Waals surface area contributed by atoms with Crippen molar-refractivity contribution in [3.63, 3.8) is 0 Å². The number of nitrogens with zero attached hydrogens (tertiary/aromatic N) is 2. The lowest BCUT2D eigenvalue weighted by molar-refractivity contribution is -0.137. The summed E-state index contributed by atoms with van der Waals surface area (Å²) in [5.74, 6) is -0.518. The molecule has 2 heterocycles. The second-order valence-corrected chi connectivity index (χ2v) is 3.09. The van der Waals surface area contributed by atoms with Gasteiger partial charge in [0.1, 0.15) is 5.52 Å². The maximum atomic E-state index is 10.3. The van der Waals surface area contributed by atoms with Gasteiger partial charge in [-0.1, -0.05) is 0 Å². The normalized spacial score (nSPS) is 10.7. The van der Waals surface area contributed by atoms with Crippen LogP contribution in [0.4, 0.5) is 5.69 Å². The van der Waals surface area contributed by atoms with Gasteiger partial charge in [0.05, 0.1) is 18.3 Å². The van der Waals surface area contributed by atoms with E-state index in [1.165, 1.54) is 6.20 Å². The first-order chi connectivity index (χ1) is 7.15. The highest BCUT2D eigenvalue weighted by atomic mass is 16.4. The van der Waals surface area contributed by atoms with E-state index in [0.717, 1.165) is 0 Å². The fourth-order valence-corrected chi connectivity index (χ4v) is 1.20. The highest BCUT2D eigenvalue weighted by Crippen LogP contribution is 2.16. The Morgan fingerprint density at radius 1 is 1.60 bits per heavy atom. The number of carbonyl (C=O) groups is 1. The minimum atomic E-state index is -0.885. The number of hydrogen-bond acceptors (Lipinski definition) is 5. The van der Waals surface area contributed by atoms with Gasteiger partial charge < -0.3 is 15.3 Å². The molecule has 0 aliphatic heterocycles. The van der Waals surface area contributed by atoms with E-state index in [4.69, 9.17) is 15.3 Å². The molecule has 2 aromatic rings. The quantitative estimate of drug-likeness (QED) is 0.772. The van der Waals surface area contributed by atoms with Crippen LogP contribution < -0.4 is 5.73 Å². The average Bonchev–Trinajstić information content (AvgIpc) is 2.56. The molecule has 0 fully saturated rings. The predicted molar refractivity (Wildman–Crippen MR) is 52.2 cm³/mol. The van der Waals surface area contributed by atoms with E-state index in [0.29, 0.717) is 22.8 Å². The van der Waals surface area contributed by atoms with E-state index < -0.39 is 5.97 Å². The zero-order valence-corrected chi connectivity index (χ0v) is 7.80. The van der Waals surface area contributed by atoms with Crippen LogP contribution in [-0.4, -0.2) is 21.0 Å². The van der Waals surface area contributed by atoms with E-state index in [1.807, 2.05) is 0 Å². The smallest absolute Gasteiger partial charge is 0.303 e. The van der Waals surface area contributed by atoms with Crippen LogP contribution in [0.5, 0.6) is 0 Å². The maximum Gasteiger partial charge on any atom is 0.303 e. The predicted octanol–water partition coefficient (Wildman–Crippen LogP) is 0.822. The van der Waals surface area contributed by atoms with Gasteiger partial charge in [-0.15, -0.1) is 0 Å². The minimum absolute atomic E-state index is 0.0116. The lowest BCUT2D eigenvalue weighted by Gasteiger charge is -1.88. The van der Waals surface area contributed by atoms with Gasteiger partial charge in [-0.05, 0) is 6.07 Å². The second-order valence-electron chi connectivity index (χ2n) is 3.09. The maximum absolute atomic E-state index is 10.3. The molecule has 0 saturated carbocycles. The first-order valence-electron chi connectivity index (χ1n) is 4.38. The van der Waals surface area contributed by atoms with Crippen LogP contribution >= 0.6 is 0 Å². The first-order valence-corrected chi connectivity index (χ1v) is 4.38. The van der Waals surface area contributed by atoms with Crippen LogP contribution in [0.15, 0.2) is 16.7 Å². The van der Waals surface area contributed by atoms with Crippen molar-refractivity contribution >= 4 is 22.9 Å². The summed E-state index contributed by atoms with van der Waals surface area (Å²) in [5, 5.41) is 8.49. The lowest BCUT2D eigenvalue weighted by Crippen LogP contribution is -1.97.